The van der Waals surface area contributed by atoms with Gasteiger partial charge >= 0.3 is 0 Å². The number of nitriles is 1. The molecule has 0 unspecified atom stereocenters. The average molecular weight is 322 g/mol. The fraction of sp³-hybridized carbons (Fsp3) is 0.125. The molecule has 0 aliphatic rings. The topological polar surface area (TPSA) is 66.9 Å². The molecule has 0 spiro atoms. The van der Waals surface area contributed by atoms with Crippen LogP contribution in [0.2, 0.25) is 0 Å². The van der Waals surface area contributed by atoms with E-state index < -0.39 is 4.92 Å². The number of benzene rings is 1. The van der Waals surface area contributed by atoms with Gasteiger partial charge in [0.25, 0.3) is 5.69 Å². The number of hydrogen-bond acceptors (Lipinski definition) is 3. The van der Waals surface area contributed by atoms with E-state index in [4.69, 9.17) is 16.9 Å². The number of hydrogen-bond donors (Lipinski definition) is 0. The molecule has 0 saturated carbocycles. The maximum absolute atomic E-state index is 10.6. The fourth-order valence-electron chi connectivity index (χ4n) is 0.951. The monoisotopic (exact) mass is 322 g/mol. The first-order valence-corrected chi connectivity index (χ1v) is 5.14. The van der Waals surface area contributed by atoms with E-state index in [0.717, 1.165) is 5.56 Å². The van der Waals surface area contributed by atoms with Gasteiger partial charge in [-0.25, -0.2) is 0 Å². The molecule has 1 aromatic rings. The number of nitro benzene ring substituents is 1. The van der Waals surface area contributed by atoms with Crippen LogP contribution in [0.25, 0.3) is 0 Å². The maximum atomic E-state index is 10.6. The van der Waals surface area contributed by atoms with Gasteiger partial charge in [0.05, 0.1) is 4.92 Å². The van der Waals surface area contributed by atoms with Crippen LogP contribution in [0.1, 0.15) is 11.1 Å². The molecule has 14 heavy (non-hydrogen) atoms. The van der Waals surface area contributed by atoms with E-state index in [1.807, 2.05) is 22.6 Å². The summed E-state index contributed by atoms with van der Waals surface area (Å²) in [4.78, 5) is 9.98. The Balaban J connectivity index is 3.41. The molecule has 0 fully saturated rings. The van der Waals surface area contributed by atoms with E-state index in [9.17, 15) is 10.1 Å². The molecule has 0 N–H and O–H groups in total. The highest BCUT2D eigenvalue weighted by molar-refractivity contribution is 14.1. The number of rotatable bonds is 2. The van der Waals surface area contributed by atoms with Gasteiger partial charge in [-0.15, -0.1) is 11.6 Å². The lowest BCUT2D eigenvalue weighted by atomic mass is 10.1. The average Bonchev–Trinajstić information content (AvgIpc) is 2.17. The Kier molecular flexibility index (Phi) is 3.66. The van der Waals surface area contributed by atoms with Crippen molar-refractivity contribution < 1.29 is 4.92 Å². The van der Waals surface area contributed by atoms with Gasteiger partial charge in [-0.3, -0.25) is 10.1 Å². The fourth-order valence-corrected chi connectivity index (χ4v) is 2.04. The van der Waals surface area contributed by atoms with E-state index in [0.29, 0.717) is 3.57 Å². The third-order valence-electron chi connectivity index (χ3n) is 1.63. The first-order valence-electron chi connectivity index (χ1n) is 3.53. The van der Waals surface area contributed by atoms with Gasteiger partial charge in [0, 0.05) is 15.5 Å². The predicted molar refractivity (Wildman–Crippen MR) is 60.1 cm³/mol. The minimum absolute atomic E-state index is 0.0473. The number of nitrogens with zero attached hydrogens (tertiary/aromatic N) is 2. The van der Waals surface area contributed by atoms with Crippen LogP contribution in [0.5, 0.6) is 0 Å². The molecule has 72 valence electrons. The van der Waals surface area contributed by atoms with E-state index in [1.165, 1.54) is 12.1 Å². The van der Waals surface area contributed by atoms with Crippen LogP contribution < -0.4 is 0 Å². The van der Waals surface area contributed by atoms with Crippen molar-refractivity contribution >= 4 is 39.9 Å². The molecule has 0 aliphatic carbocycles. The van der Waals surface area contributed by atoms with Crippen molar-refractivity contribution in [2.45, 2.75) is 5.88 Å². The van der Waals surface area contributed by atoms with E-state index in [-0.39, 0.29) is 17.1 Å². The van der Waals surface area contributed by atoms with Crippen molar-refractivity contribution in [2.75, 3.05) is 0 Å². The molecule has 0 heterocycles. The van der Waals surface area contributed by atoms with Crippen LogP contribution in [0.4, 0.5) is 5.69 Å². The zero-order valence-corrected chi connectivity index (χ0v) is 9.74. The lowest BCUT2D eigenvalue weighted by Crippen LogP contribution is -1.96. The van der Waals surface area contributed by atoms with E-state index in [1.54, 1.807) is 6.07 Å². The van der Waals surface area contributed by atoms with Crippen molar-refractivity contribution in [3.63, 3.8) is 0 Å². The van der Waals surface area contributed by atoms with Crippen LogP contribution in [0.15, 0.2) is 12.1 Å². The van der Waals surface area contributed by atoms with Gasteiger partial charge in [0.1, 0.15) is 11.6 Å². The Morgan fingerprint density at radius 3 is 2.71 bits per heavy atom. The van der Waals surface area contributed by atoms with E-state index >= 15 is 0 Å². The highest BCUT2D eigenvalue weighted by Crippen LogP contribution is 2.25. The largest absolute Gasteiger partial charge is 0.288 e. The molecule has 0 aliphatic heterocycles. The second-order valence-electron chi connectivity index (χ2n) is 2.46. The minimum atomic E-state index is -0.571. The van der Waals surface area contributed by atoms with Gasteiger partial charge in [0.15, 0.2) is 0 Å². The lowest BCUT2D eigenvalue weighted by molar-refractivity contribution is -0.385. The summed E-state index contributed by atoms with van der Waals surface area (Å²) >= 11 is 7.56. The van der Waals surface area contributed by atoms with Crippen LogP contribution in [0.3, 0.4) is 0 Å². The summed E-state index contributed by atoms with van der Waals surface area (Å²) in [7, 11) is 0. The van der Waals surface area contributed by atoms with Crippen molar-refractivity contribution in [2.24, 2.45) is 0 Å². The van der Waals surface area contributed by atoms with Gasteiger partial charge in [-0.1, -0.05) is 0 Å². The molecule has 6 heteroatoms. The lowest BCUT2D eigenvalue weighted by Gasteiger charge is -2.01. The SMILES string of the molecule is N#Cc1cc(CCl)c(I)cc1[N+](=O)[O-]. The molecule has 0 atom stereocenters. The van der Waals surface area contributed by atoms with E-state index in [2.05, 4.69) is 0 Å². The molecule has 4 nitrogen and oxygen atoms in total. The second kappa shape index (κ2) is 4.57. The molecular formula is C8H4ClIN2O2. The van der Waals surface area contributed by atoms with Gasteiger partial charge in [-0.05, 0) is 34.2 Å². The first kappa shape index (κ1) is 11.2. The van der Waals surface area contributed by atoms with Crippen LogP contribution >= 0.6 is 34.2 Å². The highest BCUT2D eigenvalue weighted by Gasteiger charge is 2.16. The zero-order chi connectivity index (χ0) is 10.7. The summed E-state index contributed by atoms with van der Waals surface area (Å²) in [6, 6.07) is 4.58. The smallest absolute Gasteiger partial charge is 0.258 e. The van der Waals surface area contributed by atoms with Crippen molar-refractivity contribution in [1.29, 1.82) is 5.26 Å². The van der Waals surface area contributed by atoms with Crippen molar-refractivity contribution in [1.82, 2.24) is 0 Å². The van der Waals surface area contributed by atoms with Crippen molar-refractivity contribution in [3.05, 3.63) is 36.9 Å². The minimum Gasteiger partial charge on any atom is -0.258 e. The van der Waals surface area contributed by atoms with Gasteiger partial charge in [-0.2, -0.15) is 5.26 Å². The molecule has 0 radical (unpaired) electrons. The number of alkyl halides is 1. The summed E-state index contributed by atoms with van der Waals surface area (Å²) in [5.41, 5.74) is 0.603. The molecule has 0 aromatic heterocycles. The Morgan fingerprint density at radius 1 is 1.64 bits per heavy atom. The Bertz CT molecular complexity index is 428. The quantitative estimate of drug-likeness (QED) is 0.364. The molecule has 1 rings (SSSR count). The standard InChI is InChI=1S/C8H4ClIN2O2/c9-3-5-1-6(4-11)8(12(13)14)2-7(5)10/h1-2H,3H2. The Labute approximate surface area is 98.8 Å². The number of halogens is 2. The third kappa shape index (κ3) is 2.13. The van der Waals surface area contributed by atoms with Crippen molar-refractivity contribution in [3.8, 4) is 6.07 Å². The van der Waals surface area contributed by atoms with Crippen LogP contribution in [-0.4, -0.2) is 4.92 Å². The molecule has 1 aromatic carbocycles. The summed E-state index contributed by atoms with van der Waals surface area (Å²) in [5, 5.41) is 19.2. The molecule has 0 amide bonds. The summed E-state index contributed by atoms with van der Waals surface area (Å²) < 4.78 is 0.698. The molecule has 0 saturated heterocycles. The zero-order valence-electron chi connectivity index (χ0n) is 6.83. The Morgan fingerprint density at radius 2 is 2.29 bits per heavy atom. The van der Waals surface area contributed by atoms with Gasteiger partial charge in [0.2, 0.25) is 0 Å². The summed E-state index contributed by atoms with van der Waals surface area (Å²) in [6.45, 7) is 0. The maximum Gasteiger partial charge on any atom is 0.288 e. The van der Waals surface area contributed by atoms with Crippen LogP contribution in [0, 0.1) is 25.0 Å². The predicted octanol–water partition coefficient (Wildman–Crippen LogP) is 2.81. The van der Waals surface area contributed by atoms with Crippen LogP contribution in [-0.2, 0) is 5.88 Å². The normalized spacial score (nSPS) is 9.50. The number of nitro groups is 1. The Hall–Kier alpha value is -0.870. The summed E-state index contributed by atoms with van der Waals surface area (Å²) in [6.07, 6.45) is 0. The third-order valence-corrected chi connectivity index (χ3v) is 2.92. The van der Waals surface area contributed by atoms with Gasteiger partial charge < -0.3 is 0 Å². The first-order chi connectivity index (χ1) is 6.60. The second-order valence-corrected chi connectivity index (χ2v) is 3.89. The highest BCUT2D eigenvalue weighted by atomic mass is 127. The molecular weight excluding hydrogens is 318 g/mol. The molecule has 0 bridgehead atoms. The summed E-state index contributed by atoms with van der Waals surface area (Å²) in [5.74, 6) is 0.241.